The fourth-order valence-corrected chi connectivity index (χ4v) is 7.10. The van der Waals surface area contributed by atoms with Crippen LogP contribution < -0.4 is 25.6 Å². The standard InChI is InChI=1S/C46H49N3O9/c1-54-36-21-17-33(18-22-36)46(32-11-4-3-5-12-32,34-19-23-37(55-2)24-20-34)58-30-35(50)29-56-28-10-27-47-43(51)25-26-44(52)48-49-45(53)57-31-42-40-15-8-6-13-38(40)39-14-7-9-16-41(39)42/h3-9,11-24,35,42,50H,10,25-31H2,1-2H3,(H,47,51)(H,48,52)(H,49,53). The van der Waals surface area contributed by atoms with E-state index in [1.54, 1.807) is 14.2 Å². The predicted octanol–water partition coefficient (Wildman–Crippen LogP) is 6.25. The molecule has 6 rings (SSSR count). The lowest BCUT2D eigenvalue weighted by atomic mass is 9.80. The quantitative estimate of drug-likeness (QED) is 0.0433. The zero-order valence-corrected chi connectivity index (χ0v) is 32.6. The summed E-state index contributed by atoms with van der Waals surface area (Å²) in [6, 6.07) is 41.1. The maximum atomic E-state index is 12.4. The second-order valence-corrected chi connectivity index (χ2v) is 13.7. The van der Waals surface area contributed by atoms with Gasteiger partial charge < -0.3 is 34.1 Å². The number of hydrogen-bond acceptors (Lipinski definition) is 9. The summed E-state index contributed by atoms with van der Waals surface area (Å²) in [5.41, 5.74) is 10.4. The van der Waals surface area contributed by atoms with Crippen molar-refractivity contribution in [3.05, 3.63) is 155 Å². The molecular formula is C46H49N3O9. The van der Waals surface area contributed by atoms with Crippen LogP contribution in [0.1, 0.15) is 53.0 Å². The normalized spacial score (nSPS) is 12.5. The number of rotatable bonds is 19. The number of carbonyl (C=O) groups is 3. The summed E-state index contributed by atoms with van der Waals surface area (Å²) in [4.78, 5) is 37.0. The topological polar surface area (TPSA) is 154 Å². The number of fused-ring (bicyclic) bond motifs is 3. The Morgan fingerprint density at radius 1 is 0.655 bits per heavy atom. The highest BCUT2D eigenvalue weighted by Gasteiger charge is 2.38. The van der Waals surface area contributed by atoms with Crippen LogP contribution in [-0.4, -0.2) is 76.3 Å². The fraction of sp³-hybridized carbons (Fsp3) is 0.283. The molecule has 5 aromatic carbocycles. The lowest BCUT2D eigenvalue weighted by Gasteiger charge is -2.36. The molecule has 1 unspecified atom stereocenters. The zero-order chi connectivity index (χ0) is 40.7. The van der Waals surface area contributed by atoms with Crippen molar-refractivity contribution in [2.24, 2.45) is 0 Å². The van der Waals surface area contributed by atoms with E-state index in [4.69, 9.17) is 23.7 Å². The first-order chi connectivity index (χ1) is 28.3. The number of benzene rings is 5. The molecule has 4 N–H and O–H groups in total. The van der Waals surface area contributed by atoms with Crippen molar-refractivity contribution in [2.45, 2.75) is 36.9 Å². The van der Waals surface area contributed by atoms with Gasteiger partial charge in [0.1, 0.15) is 29.8 Å². The molecule has 302 valence electrons. The van der Waals surface area contributed by atoms with Crippen molar-refractivity contribution >= 4 is 17.9 Å². The minimum Gasteiger partial charge on any atom is -0.497 e. The van der Waals surface area contributed by atoms with Crippen LogP contribution >= 0.6 is 0 Å². The van der Waals surface area contributed by atoms with Crippen LogP contribution in [0.4, 0.5) is 4.79 Å². The number of ether oxygens (including phenoxy) is 5. The first-order valence-electron chi connectivity index (χ1n) is 19.2. The molecule has 0 saturated carbocycles. The number of methoxy groups -OCH3 is 2. The molecule has 0 heterocycles. The van der Waals surface area contributed by atoms with Crippen molar-refractivity contribution in [3.8, 4) is 22.6 Å². The predicted molar refractivity (Wildman–Crippen MR) is 218 cm³/mol. The Balaban J connectivity index is 0.895. The van der Waals surface area contributed by atoms with Gasteiger partial charge in [0.25, 0.3) is 0 Å². The lowest BCUT2D eigenvalue weighted by Crippen LogP contribution is -2.42. The molecule has 0 fully saturated rings. The maximum Gasteiger partial charge on any atom is 0.426 e. The summed E-state index contributed by atoms with van der Waals surface area (Å²) in [6.07, 6.45) is -1.45. The SMILES string of the molecule is COc1ccc(C(OCC(O)COCCCNC(=O)CCC(=O)NNC(=O)OCC2c3ccccc3-c3ccccc32)(c2ccccc2)c2ccc(OC)cc2)cc1. The number of hydrazine groups is 1. The smallest absolute Gasteiger partial charge is 0.426 e. The van der Waals surface area contributed by atoms with Gasteiger partial charge in [-0.05, 0) is 69.6 Å². The van der Waals surface area contributed by atoms with Gasteiger partial charge in [-0.2, -0.15) is 0 Å². The van der Waals surface area contributed by atoms with Crippen LogP contribution in [0.25, 0.3) is 11.1 Å². The second kappa shape index (κ2) is 20.3. The van der Waals surface area contributed by atoms with Crippen molar-refractivity contribution in [1.29, 1.82) is 0 Å². The van der Waals surface area contributed by atoms with Crippen molar-refractivity contribution in [2.75, 3.05) is 47.2 Å². The highest BCUT2D eigenvalue weighted by molar-refractivity contribution is 5.84. The van der Waals surface area contributed by atoms with Gasteiger partial charge in [-0.3, -0.25) is 15.0 Å². The average Bonchev–Trinajstić information content (AvgIpc) is 3.59. The number of carbonyl (C=O) groups excluding carboxylic acids is 3. The molecule has 58 heavy (non-hydrogen) atoms. The Morgan fingerprint density at radius 3 is 1.78 bits per heavy atom. The molecular weight excluding hydrogens is 739 g/mol. The molecule has 5 aromatic rings. The molecule has 0 radical (unpaired) electrons. The van der Waals surface area contributed by atoms with Crippen LogP contribution in [-0.2, 0) is 29.4 Å². The van der Waals surface area contributed by atoms with Crippen LogP contribution in [0.5, 0.6) is 11.5 Å². The highest BCUT2D eigenvalue weighted by Crippen LogP contribution is 2.45. The number of hydrogen-bond donors (Lipinski definition) is 4. The van der Waals surface area contributed by atoms with Gasteiger partial charge in [-0.1, -0.05) is 103 Å². The van der Waals surface area contributed by atoms with Gasteiger partial charge in [0.2, 0.25) is 11.8 Å². The van der Waals surface area contributed by atoms with E-state index in [-0.39, 0.29) is 51.1 Å². The molecule has 1 aliphatic rings. The Bertz CT molecular complexity index is 2020. The zero-order valence-electron chi connectivity index (χ0n) is 32.6. The molecule has 0 aromatic heterocycles. The van der Waals surface area contributed by atoms with E-state index in [2.05, 4.69) is 16.2 Å². The van der Waals surface area contributed by atoms with Crippen LogP contribution in [0.2, 0.25) is 0 Å². The van der Waals surface area contributed by atoms with E-state index < -0.39 is 23.7 Å². The molecule has 1 aliphatic carbocycles. The average molecular weight is 788 g/mol. The highest BCUT2D eigenvalue weighted by atomic mass is 16.6. The molecule has 3 amide bonds. The van der Waals surface area contributed by atoms with E-state index in [1.165, 1.54) is 0 Å². The van der Waals surface area contributed by atoms with E-state index in [0.717, 1.165) is 38.9 Å². The van der Waals surface area contributed by atoms with E-state index in [0.29, 0.717) is 24.5 Å². The van der Waals surface area contributed by atoms with Crippen molar-refractivity contribution in [1.82, 2.24) is 16.2 Å². The largest absolute Gasteiger partial charge is 0.497 e. The van der Waals surface area contributed by atoms with E-state index in [9.17, 15) is 19.5 Å². The minimum atomic E-state index is -1.07. The molecule has 0 saturated heterocycles. The fourth-order valence-electron chi connectivity index (χ4n) is 7.10. The van der Waals surface area contributed by atoms with Crippen molar-refractivity contribution in [3.63, 3.8) is 0 Å². The monoisotopic (exact) mass is 787 g/mol. The van der Waals surface area contributed by atoms with E-state index >= 15 is 0 Å². The van der Waals surface area contributed by atoms with Gasteiger partial charge in [0.15, 0.2) is 0 Å². The van der Waals surface area contributed by atoms with Gasteiger partial charge in [0, 0.05) is 31.9 Å². The Morgan fingerprint density at radius 2 is 1.19 bits per heavy atom. The maximum absolute atomic E-state index is 12.4. The first kappa shape index (κ1) is 41.4. The molecule has 0 aliphatic heterocycles. The lowest BCUT2D eigenvalue weighted by molar-refractivity contribution is -0.126. The van der Waals surface area contributed by atoms with Gasteiger partial charge >= 0.3 is 6.09 Å². The van der Waals surface area contributed by atoms with E-state index in [1.807, 2.05) is 127 Å². The summed E-state index contributed by atoms with van der Waals surface area (Å²) >= 11 is 0. The summed E-state index contributed by atoms with van der Waals surface area (Å²) in [5, 5.41) is 13.7. The number of aliphatic hydroxyl groups is 1. The van der Waals surface area contributed by atoms with Crippen LogP contribution in [0, 0.1) is 0 Å². The summed E-state index contributed by atoms with van der Waals surface area (Å²) < 4.78 is 28.7. The minimum absolute atomic E-state index is 0.0148. The second-order valence-electron chi connectivity index (χ2n) is 13.7. The molecule has 0 spiro atoms. The number of aliphatic hydroxyl groups excluding tert-OH is 1. The Kier molecular flexibility index (Phi) is 14.5. The van der Waals surface area contributed by atoms with Gasteiger partial charge in [0.05, 0.1) is 27.4 Å². The third-order valence-corrected chi connectivity index (χ3v) is 9.99. The molecule has 12 nitrogen and oxygen atoms in total. The number of nitrogens with one attached hydrogen (secondary N) is 3. The Hall–Kier alpha value is -6.21. The van der Waals surface area contributed by atoms with Crippen LogP contribution in [0.3, 0.4) is 0 Å². The summed E-state index contributed by atoms with van der Waals surface area (Å²) in [5.74, 6) is 0.452. The summed E-state index contributed by atoms with van der Waals surface area (Å²) in [6.45, 7) is 0.682. The van der Waals surface area contributed by atoms with Gasteiger partial charge in [-0.25, -0.2) is 10.2 Å². The number of amides is 3. The third-order valence-electron chi connectivity index (χ3n) is 9.99. The van der Waals surface area contributed by atoms with Crippen molar-refractivity contribution < 1.29 is 43.2 Å². The molecule has 0 bridgehead atoms. The molecule has 1 atom stereocenters. The van der Waals surface area contributed by atoms with Gasteiger partial charge in [-0.15, -0.1) is 0 Å². The molecule has 12 heteroatoms. The Labute approximate surface area is 338 Å². The third kappa shape index (κ3) is 10.2. The van der Waals surface area contributed by atoms with Crippen LogP contribution in [0.15, 0.2) is 127 Å². The summed E-state index contributed by atoms with van der Waals surface area (Å²) in [7, 11) is 3.23. The first-order valence-corrected chi connectivity index (χ1v) is 19.2.